The second-order valence-electron chi connectivity index (χ2n) is 4.97. The average molecular weight is 286 g/mol. The summed E-state index contributed by atoms with van der Waals surface area (Å²) in [7, 11) is 0. The van der Waals surface area contributed by atoms with Crippen LogP contribution in [0, 0.1) is 13.8 Å². The Balaban J connectivity index is 1.97. The van der Waals surface area contributed by atoms with Crippen LogP contribution in [0.1, 0.15) is 22.5 Å². The van der Waals surface area contributed by atoms with Gasteiger partial charge in [0.2, 0.25) is 0 Å². The van der Waals surface area contributed by atoms with Crippen LogP contribution in [0.25, 0.3) is 10.9 Å². The molecule has 2 aromatic heterocycles. The molecule has 0 amide bonds. The van der Waals surface area contributed by atoms with Gasteiger partial charge in [-0.1, -0.05) is 12.1 Å². The number of hydrogen-bond acceptors (Lipinski definition) is 2. The summed E-state index contributed by atoms with van der Waals surface area (Å²) in [6, 6.07) is 10.4. The van der Waals surface area contributed by atoms with Crippen molar-refractivity contribution in [2.45, 2.75) is 26.3 Å². The van der Waals surface area contributed by atoms with Crippen LogP contribution < -0.4 is 0 Å². The number of nitrogens with zero attached hydrogens (tertiary/aromatic N) is 3. The van der Waals surface area contributed by atoms with Gasteiger partial charge in [0.1, 0.15) is 0 Å². The Kier molecular flexibility index (Phi) is 3.45. The first-order chi connectivity index (χ1) is 9.69. The third-order valence-electron chi connectivity index (χ3n) is 3.66. The molecule has 0 unspecified atom stereocenters. The number of aromatic nitrogens is 3. The number of hydrogen-bond donors (Lipinski definition) is 0. The molecule has 0 N–H and O–H groups in total. The zero-order valence-corrected chi connectivity index (χ0v) is 12.4. The zero-order valence-electron chi connectivity index (χ0n) is 11.6. The van der Waals surface area contributed by atoms with Gasteiger partial charge in [-0.3, -0.25) is 9.67 Å². The Morgan fingerprint density at radius 2 is 2.05 bits per heavy atom. The molecule has 3 nitrogen and oxygen atoms in total. The van der Waals surface area contributed by atoms with Crippen LogP contribution >= 0.6 is 11.6 Å². The van der Waals surface area contributed by atoms with Crippen LogP contribution in [-0.2, 0) is 12.4 Å². The van der Waals surface area contributed by atoms with Crippen molar-refractivity contribution in [3.8, 4) is 0 Å². The summed E-state index contributed by atoms with van der Waals surface area (Å²) in [6.07, 6.45) is 1.82. The quantitative estimate of drug-likeness (QED) is 0.685. The fraction of sp³-hybridized carbons (Fsp3) is 0.250. The Labute approximate surface area is 123 Å². The van der Waals surface area contributed by atoms with E-state index in [1.807, 2.05) is 23.9 Å². The van der Waals surface area contributed by atoms with Crippen LogP contribution in [0.2, 0.25) is 0 Å². The smallest absolute Gasteiger partial charge is 0.0702 e. The van der Waals surface area contributed by atoms with E-state index in [2.05, 4.69) is 41.3 Å². The molecular formula is C16H16ClN3. The van der Waals surface area contributed by atoms with E-state index in [-0.39, 0.29) is 0 Å². The predicted octanol–water partition coefficient (Wildman–Crippen LogP) is 3.84. The van der Waals surface area contributed by atoms with Crippen LogP contribution in [0.4, 0.5) is 0 Å². The highest BCUT2D eigenvalue weighted by Gasteiger charge is 2.10. The summed E-state index contributed by atoms with van der Waals surface area (Å²) in [5.41, 5.74) is 5.53. The SMILES string of the molecule is Cc1nn(Cc2ccc3ncccc3c2)c(C)c1CCl. The number of benzene rings is 1. The van der Waals surface area contributed by atoms with E-state index in [0.29, 0.717) is 5.88 Å². The molecule has 0 spiro atoms. The summed E-state index contributed by atoms with van der Waals surface area (Å²) in [5.74, 6) is 0.513. The van der Waals surface area contributed by atoms with Crippen molar-refractivity contribution in [1.29, 1.82) is 0 Å². The summed E-state index contributed by atoms with van der Waals surface area (Å²) in [5, 5.41) is 5.73. The molecular weight excluding hydrogens is 270 g/mol. The summed E-state index contributed by atoms with van der Waals surface area (Å²) >= 11 is 5.97. The van der Waals surface area contributed by atoms with Gasteiger partial charge < -0.3 is 0 Å². The monoisotopic (exact) mass is 285 g/mol. The van der Waals surface area contributed by atoms with E-state index in [4.69, 9.17) is 11.6 Å². The van der Waals surface area contributed by atoms with E-state index in [0.717, 1.165) is 34.4 Å². The summed E-state index contributed by atoms with van der Waals surface area (Å²) in [4.78, 5) is 4.34. The molecule has 0 bridgehead atoms. The second-order valence-corrected chi connectivity index (χ2v) is 5.24. The van der Waals surface area contributed by atoms with Gasteiger partial charge in [0.15, 0.2) is 0 Å². The molecule has 0 aliphatic heterocycles. The van der Waals surface area contributed by atoms with Gasteiger partial charge in [-0.2, -0.15) is 5.10 Å². The number of rotatable bonds is 3. The van der Waals surface area contributed by atoms with E-state index in [9.17, 15) is 0 Å². The minimum absolute atomic E-state index is 0.513. The van der Waals surface area contributed by atoms with Gasteiger partial charge in [-0.05, 0) is 37.6 Å². The van der Waals surface area contributed by atoms with Crippen LogP contribution in [0.15, 0.2) is 36.5 Å². The third-order valence-corrected chi connectivity index (χ3v) is 3.93. The van der Waals surface area contributed by atoms with Gasteiger partial charge >= 0.3 is 0 Å². The molecule has 0 aliphatic carbocycles. The lowest BCUT2D eigenvalue weighted by Crippen LogP contribution is -2.04. The molecule has 0 saturated carbocycles. The van der Waals surface area contributed by atoms with E-state index in [1.54, 1.807) is 0 Å². The number of alkyl halides is 1. The molecule has 0 aliphatic rings. The summed E-state index contributed by atoms with van der Waals surface area (Å²) in [6.45, 7) is 4.83. The van der Waals surface area contributed by atoms with Crippen molar-refractivity contribution in [1.82, 2.24) is 14.8 Å². The van der Waals surface area contributed by atoms with Crippen molar-refractivity contribution >= 4 is 22.5 Å². The van der Waals surface area contributed by atoms with Crippen molar-refractivity contribution in [3.63, 3.8) is 0 Å². The molecule has 1 aromatic carbocycles. The predicted molar refractivity (Wildman–Crippen MR) is 82.1 cm³/mol. The van der Waals surface area contributed by atoms with Gasteiger partial charge in [0.05, 0.1) is 23.6 Å². The normalized spacial score (nSPS) is 11.2. The largest absolute Gasteiger partial charge is 0.265 e. The Morgan fingerprint density at radius 3 is 2.80 bits per heavy atom. The third kappa shape index (κ3) is 2.29. The molecule has 4 heteroatoms. The molecule has 0 radical (unpaired) electrons. The lowest BCUT2D eigenvalue weighted by Gasteiger charge is -2.06. The maximum atomic E-state index is 5.97. The molecule has 102 valence electrons. The minimum Gasteiger partial charge on any atom is -0.265 e. The maximum absolute atomic E-state index is 5.97. The topological polar surface area (TPSA) is 30.7 Å². The average Bonchev–Trinajstić information content (AvgIpc) is 2.73. The number of aryl methyl sites for hydroxylation is 1. The molecule has 3 aromatic rings. The van der Waals surface area contributed by atoms with Crippen molar-refractivity contribution in [3.05, 3.63) is 59.0 Å². The van der Waals surface area contributed by atoms with Crippen LogP contribution in [-0.4, -0.2) is 14.8 Å². The lowest BCUT2D eigenvalue weighted by atomic mass is 10.1. The maximum Gasteiger partial charge on any atom is 0.0702 e. The molecule has 0 fully saturated rings. The van der Waals surface area contributed by atoms with Gasteiger partial charge in [0, 0.05) is 22.8 Å². The van der Waals surface area contributed by atoms with Gasteiger partial charge in [-0.15, -0.1) is 11.6 Å². The number of fused-ring (bicyclic) bond motifs is 1. The first kappa shape index (κ1) is 13.1. The van der Waals surface area contributed by atoms with Gasteiger partial charge in [-0.25, -0.2) is 0 Å². The Bertz CT molecular complexity index is 762. The molecule has 0 saturated heterocycles. The minimum atomic E-state index is 0.513. The Morgan fingerprint density at radius 1 is 1.20 bits per heavy atom. The lowest BCUT2D eigenvalue weighted by molar-refractivity contribution is 0.659. The number of halogens is 1. The molecule has 0 atom stereocenters. The van der Waals surface area contributed by atoms with Gasteiger partial charge in [0.25, 0.3) is 0 Å². The summed E-state index contributed by atoms with van der Waals surface area (Å²) < 4.78 is 2.02. The van der Waals surface area contributed by atoms with E-state index >= 15 is 0 Å². The van der Waals surface area contributed by atoms with Crippen molar-refractivity contribution < 1.29 is 0 Å². The molecule has 3 rings (SSSR count). The molecule has 2 heterocycles. The fourth-order valence-corrected chi connectivity index (χ4v) is 2.86. The second kappa shape index (κ2) is 5.25. The highest BCUT2D eigenvalue weighted by Crippen LogP contribution is 2.18. The van der Waals surface area contributed by atoms with E-state index < -0.39 is 0 Å². The Hall–Kier alpha value is -1.87. The fourth-order valence-electron chi connectivity index (χ4n) is 2.48. The number of pyridine rings is 1. The first-order valence-corrected chi connectivity index (χ1v) is 7.15. The highest BCUT2D eigenvalue weighted by atomic mass is 35.5. The molecule has 20 heavy (non-hydrogen) atoms. The standard InChI is InChI=1S/C16H16ClN3/c1-11-15(9-17)12(2)20(19-11)10-13-5-6-16-14(8-13)4-3-7-18-16/h3-8H,9-10H2,1-2H3. The van der Waals surface area contributed by atoms with Crippen LogP contribution in [0.3, 0.4) is 0 Å². The van der Waals surface area contributed by atoms with Crippen LogP contribution in [0.5, 0.6) is 0 Å². The first-order valence-electron chi connectivity index (χ1n) is 6.61. The zero-order chi connectivity index (χ0) is 14.1. The van der Waals surface area contributed by atoms with E-state index in [1.165, 1.54) is 5.56 Å². The highest BCUT2D eigenvalue weighted by molar-refractivity contribution is 6.17. The van der Waals surface area contributed by atoms with Crippen molar-refractivity contribution in [2.24, 2.45) is 0 Å². The van der Waals surface area contributed by atoms with Crippen molar-refractivity contribution in [2.75, 3.05) is 0 Å².